The Morgan fingerprint density at radius 1 is 1.55 bits per heavy atom. The molecule has 0 radical (unpaired) electrons. The van der Waals surface area contributed by atoms with Crippen molar-refractivity contribution in [2.75, 3.05) is 7.11 Å². The van der Waals surface area contributed by atoms with Crippen LogP contribution in [0.2, 0.25) is 0 Å². The normalized spacial score (nSPS) is 28.8. The molecule has 0 spiro atoms. The van der Waals surface area contributed by atoms with Gasteiger partial charge in [-0.2, -0.15) is 5.10 Å². The zero-order chi connectivity index (χ0) is 14.8. The fourth-order valence-electron chi connectivity index (χ4n) is 3.45. The summed E-state index contributed by atoms with van der Waals surface area (Å²) in [6.45, 7) is 6.51. The van der Waals surface area contributed by atoms with E-state index in [1.165, 1.54) is 12.8 Å². The lowest BCUT2D eigenvalue weighted by Crippen LogP contribution is -2.53. The molecule has 5 nitrogen and oxygen atoms in total. The van der Waals surface area contributed by atoms with Crippen LogP contribution < -0.4 is 5.73 Å². The first-order chi connectivity index (χ1) is 9.48. The van der Waals surface area contributed by atoms with Crippen molar-refractivity contribution in [1.82, 2.24) is 14.8 Å². The Balaban J connectivity index is 2.13. The van der Waals surface area contributed by atoms with Gasteiger partial charge in [-0.25, -0.2) is 9.67 Å². The summed E-state index contributed by atoms with van der Waals surface area (Å²) in [5.74, 6) is 1.64. The van der Waals surface area contributed by atoms with E-state index < -0.39 is 0 Å². The average Bonchev–Trinajstić information content (AvgIpc) is 2.86. The molecule has 114 valence electrons. The van der Waals surface area contributed by atoms with E-state index in [1.54, 1.807) is 13.4 Å². The van der Waals surface area contributed by atoms with Crippen molar-refractivity contribution in [3.63, 3.8) is 0 Å². The van der Waals surface area contributed by atoms with Crippen molar-refractivity contribution in [3.05, 3.63) is 12.2 Å². The number of rotatable bonds is 5. The summed E-state index contributed by atoms with van der Waals surface area (Å²) in [7, 11) is 1.80. The highest BCUT2D eigenvalue weighted by Crippen LogP contribution is 2.37. The summed E-state index contributed by atoms with van der Waals surface area (Å²) < 4.78 is 7.83. The van der Waals surface area contributed by atoms with Gasteiger partial charge >= 0.3 is 0 Å². The van der Waals surface area contributed by atoms with Gasteiger partial charge in [0, 0.05) is 25.6 Å². The smallest absolute Gasteiger partial charge is 0.138 e. The molecule has 0 aromatic carbocycles. The molecule has 0 amide bonds. The molecule has 1 aromatic rings. The zero-order valence-electron chi connectivity index (χ0n) is 13.2. The van der Waals surface area contributed by atoms with E-state index in [2.05, 4.69) is 30.9 Å². The van der Waals surface area contributed by atoms with Gasteiger partial charge in [0.25, 0.3) is 0 Å². The van der Waals surface area contributed by atoms with Gasteiger partial charge < -0.3 is 10.5 Å². The summed E-state index contributed by atoms with van der Waals surface area (Å²) in [6, 6.07) is 0.278. The van der Waals surface area contributed by atoms with Gasteiger partial charge in [-0.15, -0.1) is 0 Å². The first-order valence-corrected chi connectivity index (χ1v) is 7.67. The molecule has 3 unspecified atom stereocenters. The number of nitrogens with zero attached hydrogens (tertiary/aromatic N) is 3. The fourth-order valence-corrected chi connectivity index (χ4v) is 3.45. The standard InChI is InChI=1S/C15H28N4O/c1-11(2)19-14(17-10-18-19)8-13(16)15(20-4)7-5-6-12(3)9-15/h10-13H,5-9,16H2,1-4H3. The van der Waals surface area contributed by atoms with Gasteiger partial charge in [0.15, 0.2) is 0 Å². The lowest BCUT2D eigenvalue weighted by atomic mass is 9.74. The number of hydrogen-bond donors (Lipinski definition) is 1. The monoisotopic (exact) mass is 280 g/mol. The highest BCUT2D eigenvalue weighted by molar-refractivity contribution is 5.01. The molecule has 0 aliphatic heterocycles. The van der Waals surface area contributed by atoms with E-state index >= 15 is 0 Å². The van der Waals surface area contributed by atoms with Crippen LogP contribution in [0.1, 0.15) is 58.3 Å². The zero-order valence-corrected chi connectivity index (χ0v) is 13.2. The minimum atomic E-state index is -0.203. The van der Waals surface area contributed by atoms with Gasteiger partial charge in [-0.3, -0.25) is 0 Å². The van der Waals surface area contributed by atoms with Crippen LogP contribution >= 0.6 is 0 Å². The van der Waals surface area contributed by atoms with Gasteiger partial charge in [-0.1, -0.05) is 19.8 Å². The molecular weight excluding hydrogens is 252 g/mol. The van der Waals surface area contributed by atoms with Crippen LogP contribution in [-0.4, -0.2) is 33.5 Å². The second-order valence-electron chi connectivity index (χ2n) is 6.50. The number of nitrogens with two attached hydrogens (primary N) is 1. The maximum Gasteiger partial charge on any atom is 0.138 e. The first-order valence-electron chi connectivity index (χ1n) is 7.67. The number of methoxy groups -OCH3 is 1. The summed E-state index contributed by atoms with van der Waals surface area (Å²) in [6.07, 6.45) is 6.90. The lowest BCUT2D eigenvalue weighted by molar-refractivity contribution is -0.0710. The summed E-state index contributed by atoms with van der Waals surface area (Å²) >= 11 is 0. The first kappa shape index (κ1) is 15.4. The highest BCUT2D eigenvalue weighted by Gasteiger charge is 2.40. The van der Waals surface area contributed by atoms with E-state index in [-0.39, 0.29) is 11.6 Å². The van der Waals surface area contributed by atoms with Crippen LogP contribution in [0, 0.1) is 5.92 Å². The van der Waals surface area contributed by atoms with Crippen LogP contribution in [0.3, 0.4) is 0 Å². The van der Waals surface area contributed by atoms with Gasteiger partial charge in [0.1, 0.15) is 12.2 Å². The van der Waals surface area contributed by atoms with E-state index in [1.807, 2.05) is 4.68 Å². The molecule has 0 bridgehead atoms. The van der Waals surface area contributed by atoms with Crippen molar-refractivity contribution < 1.29 is 4.74 Å². The molecule has 1 aliphatic carbocycles. The predicted octanol–water partition coefficient (Wildman–Crippen LogP) is 2.32. The largest absolute Gasteiger partial charge is 0.377 e. The Kier molecular flexibility index (Phi) is 4.81. The number of aromatic nitrogens is 3. The molecule has 1 heterocycles. The molecule has 1 saturated carbocycles. The molecule has 1 fully saturated rings. The fraction of sp³-hybridized carbons (Fsp3) is 0.867. The van der Waals surface area contributed by atoms with Crippen LogP contribution in [0.5, 0.6) is 0 Å². The Labute approximate surface area is 121 Å². The van der Waals surface area contributed by atoms with Gasteiger partial charge in [0.2, 0.25) is 0 Å². The van der Waals surface area contributed by atoms with Crippen LogP contribution in [-0.2, 0) is 11.2 Å². The molecule has 20 heavy (non-hydrogen) atoms. The summed E-state index contributed by atoms with van der Waals surface area (Å²) in [5, 5.41) is 4.29. The SMILES string of the molecule is COC1(C(N)Cc2ncnn2C(C)C)CCCC(C)C1. The summed E-state index contributed by atoms with van der Waals surface area (Å²) in [5.41, 5.74) is 6.31. The van der Waals surface area contributed by atoms with Crippen molar-refractivity contribution in [1.29, 1.82) is 0 Å². The minimum Gasteiger partial charge on any atom is -0.377 e. The summed E-state index contributed by atoms with van der Waals surface area (Å²) in [4.78, 5) is 4.37. The van der Waals surface area contributed by atoms with E-state index in [4.69, 9.17) is 10.5 Å². The van der Waals surface area contributed by atoms with Crippen molar-refractivity contribution in [3.8, 4) is 0 Å². The molecule has 1 aromatic heterocycles. The minimum absolute atomic E-state index is 0.0306. The second kappa shape index (κ2) is 6.22. The third kappa shape index (κ3) is 3.04. The Morgan fingerprint density at radius 2 is 2.30 bits per heavy atom. The molecule has 3 atom stereocenters. The molecule has 5 heteroatoms. The Hall–Kier alpha value is -0.940. The highest BCUT2D eigenvalue weighted by atomic mass is 16.5. The van der Waals surface area contributed by atoms with Crippen molar-refractivity contribution in [2.45, 2.75) is 70.6 Å². The number of ether oxygens (including phenoxy) is 1. The molecular formula is C15H28N4O. The van der Waals surface area contributed by atoms with Crippen LogP contribution in [0.15, 0.2) is 6.33 Å². The molecule has 1 aliphatic rings. The Morgan fingerprint density at radius 3 is 2.90 bits per heavy atom. The quantitative estimate of drug-likeness (QED) is 0.899. The van der Waals surface area contributed by atoms with Gasteiger partial charge in [-0.05, 0) is 32.6 Å². The molecule has 2 rings (SSSR count). The number of hydrogen-bond acceptors (Lipinski definition) is 4. The van der Waals surface area contributed by atoms with Crippen molar-refractivity contribution in [2.24, 2.45) is 11.7 Å². The molecule has 0 saturated heterocycles. The maximum atomic E-state index is 6.51. The van der Waals surface area contributed by atoms with Gasteiger partial charge in [0.05, 0.1) is 5.60 Å². The predicted molar refractivity (Wildman–Crippen MR) is 79.5 cm³/mol. The third-order valence-corrected chi connectivity index (χ3v) is 4.61. The Bertz CT molecular complexity index is 431. The second-order valence-corrected chi connectivity index (χ2v) is 6.50. The van der Waals surface area contributed by atoms with Crippen molar-refractivity contribution >= 4 is 0 Å². The lowest BCUT2D eigenvalue weighted by Gasteiger charge is -2.43. The van der Waals surface area contributed by atoms with Crippen LogP contribution in [0.25, 0.3) is 0 Å². The van der Waals surface area contributed by atoms with Crippen LogP contribution in [0.4, 0.5) is 0 Å². The van der Waals surface area contributed by atoms with E-state index in [0.29, 0.717) is 12.0 Å². The molecule has 2 N–H and O–H groups in total. The maximum absolute atomic E-state index is 6.51. The van der Waals surface area contributed by atoms with E-state index in [9.17, 15) is 0 Å². The topological polar surface area (TPSA) is 66.0 Å². The van der Waals surface area contributed by atoms with E-state index in [0.717, 1.165) is 25.1 Å². The average molecular weight is 280 g/mol. The third-order valence-electron chi connectivity index (χ3n) is 4.61.